The van der Waals surface area contributed by atoms with E-state index in [-0.39, 0.29) is 6.10 Å². The molecule has 4 nitrogen and oxygen atoms in total. The van der Waals surface area contributed by atoms with Crippen LogP contribution >= 0.6 is 0 Å². The zero-order chi connectivity index (χ0) is 18.5. The zero-order valence-electron chi connectivity index (χ0n) is 16.1. The van der Waals surface area contributed by atoms with Crippen LogP contribution in [0.1, 0.15) is 29.2 Å². The number of ether oxygens (including phenoxy) is 1. The lowest BCUT2D eigenvalue weighted by Gasteiger charge is -2.37. The number of aliphatic hydroxyl groups is 1. The fourth-order valence-corrected chi connectivity index (χ4v) is 3.76. The van der Waals surface area contributed by atoms with Gasteiger partial charge in [-0.15, -0.1) is 0 Å². The van der Waals surface area contributed by atoms with Gasteiger partial charge in [-0.1, -0.05) is 35.9 Å². The second kappa shape index (κ2) is 8.56. The third-order valence-corrected chi connectivity index (χ3v) is 5.30. The number of methoxy groups -OCH3 is 1. The molecule has 140 valence electrons. The standard InChI is InChI=1S/C22H30N2O2/c1-17-8-9-19(18(2)16-17)21(25)10-11-23-12-14-24(15-13-23)20-6-4-5-7-22(20)26-3/h4-9,16,21,25H,10-15H2,1-3H3. The van der Waals surface area contributed by atoms with E-state index >= 15 is 0 Å². The first kappa shape index (κ1) is 18.7. The molecule has 0 saturated carbocycles. The molecule has 1 aliphatic rings. The molecule has 0 spiro atoms. The predicted molar refractivity (Wildman–Crippen MR) is 107 cm³/mol. The van der Waals surface area contributed by atoms with E-state index in [0.717, 1.165) is 50.5 Å². The number of aryl methyl sites for hydroxylation is 2. The lowest BCUT2D eigenvalue weighted by molar-refractivity contribution is 0.139. The Labute approximate surface area is 157 Å². The van der Waals surface area contributed by atoms with Gasteiger partial charge < -0.3 is 14.7 Å². The summed E-state index contributed by atoms with van der Waals surface area (Å²) in [6.07, 6.45) is 0.390. The van der Waals surface area contributed by atoms with Crippen LogP contribution in [0.15, 0.2) is 42.5 Å². The minimum atomic E-state index is -0.386. The highest BCUT2D eigenvalue weighted by Crippen LogP contribution is 2.28. The van der Waals surface area contributed by atoms with Crippen molar-refractivity contribution >= 4 is 5.69 Å². The first-order valence-electron chi connectivity index (χ1n) is 9.44. The van der Waals surface area contributed by atoms with Crippen LogP contribution in [-0.4, -0.2) is 49.8 Å². The summed E-state index contributed by atoms with van der Waals surface area (Å²) in [5.41, 5.74) is 4.65. The molecule has 1 heterocycles. The van der Waals surface area contributed by atoms with Crippen LogP contribution in [0, 0.1) is 13.8 Å². The fourth-order valence-electron chi connectivity index (χ4n) is 3.76. The topological polar surface area (TPSA) is 35.9 Å². The van der Waals surface area contributed by atoms with Gasteiger partial charge in [-0.2, -0.15) is 0 Å². The van der Waals surface area contributed by atoms with Gasteiger partial charge in [0.15, 0.2) is 0 Å². The molecule has 0 bridgehead atoms. The highest BCUT2D eigenvalue weighted by atomic mass is 16.5. The van der Waals surface area contributed by atoms with E-state index in [0.29, 0.717) is 0 Å². The van der Waals surface area contributed by atoms with E-state index < -0.39 is 0 Å². The second-order valence-corrected chi connectivity index (χ2v) is 7.17. The summed E-state index contributed by atoms with van der Waals surface area (Å²) in [6, 6.07) is 14.5. The van der Waals surface area contributed by atoms with Crippen molar-refractivity contribution in [2.45, 2.75) is 26.4 Å². The van der Waals surface area contributed by atoms with Gasteiger partial charge in [-0.3, -0.25) is 4.90 Å². The van der Waals surface area contributed by atoms with Crippen LogP contribution in [0.5, 0.6) is 5.75 Å². The number of aliphatic hydroxyl groups excluding tert-OH is 1. The van der Waals surface area contributed by atoms with E-state index in [1.54, 1.807) is 7.11 Å². The van der Waals surface area contributed by atoms with Crippen LogP contribution in [0.2, 0.25) is 0 Å². The monoisotopic (exact) mass is 354 g/mol. The number of nitrogens with zero attached hydrogens (tertiary/aromatic N) is 2. The highest BCUT2D eigenvalue weighted by Gasteiger charge is 2.20. The number of rotatable bonds is 6. The average molecular weight is 354 g/mol. The Morgan fingerprint density at radius 3 is 2.46 bits per heavy atom. The number of piperazine rings is 1. The zero-order valence-corrected chi connectivity index (χ0v) is 16.1. The van der Waals surface area contributed by atoms with Crippen molar-refractivity contribution in [3.63, 3.8) is 0 Å². The second-order valence-electron chi connectivity index (χ2n) is 7.17. The molecule has 1 aliphatic heterocycles. The van der Waals surface area contributed by atoms with Gasteiger partial charge >= 0.3 is 0 Å². The summed E-state index contributed by atoms with van der Waals surface area (Å²) < 4.78 is 5.48. The van der Waals surface area contributed by atoms with Crippen molar-refractivity contribution in [3.05, 3.63) is 59.2 Å². The van der Waals surface area contributed by atoms with Crippen molar-refractivity contribution in [2.75, 3.05) is 44.7 Å². The molecule has 3 rings (SSSR count). The van der Waals surface area contributed by atoms with Crippen LogP contribution in [0.25, 0.3) is 0 Å². The van der Waals surface area contributed by atoms with Gasteiger partial charge in [0.2, 0.25) is 0 Å². The maximum atomic E-state index is 10.6. The minimum absolute atomic E-state index is 0.386. The molecule has 2 aromatic carbocycles. The van der Waals surface area contributed by atoms with Crippen LogP contribution in [0.3, 0.4) is 0 Å². The normalized spacial score (nSPS) is 16.5. The maximum absolute atomic E-state index is 10.6. The molecule has 1 fully saturated rings. The lowest BCUT2D eigenvalue weighted by Crippen LogP contribution is -2.46. The third kappa shape index (κ3) is 4.37. The molecule has 26 heavy (non-hydrogen) atoms. The van der Waals surface area contributed by atoms with E-state index in [1.165, 1.54) is 16.8 Å². The average Bonchev–Trinajstić information content (AvgIpc) is 2.66. The maximum Gasteiger partial charge on any atom is 0.142 e. The third-order valence-electron chi connectivity index (χ3n) is 5.30. The first-order valence-corrected chi connectivity index (χ1v) is 9.44. The molecule has 4 heteroatoms. The SMILES string of the molecule is COc1ccccc1N1CCN(CCC(O)c2ccc(C)cc2C)CC1. The van der Waals surface area contributed by atoms with E-state index in [1.807, 2.05) is 12.1 Å². The number of para-hydroxylation sites is 2. The van der Waals surface area contributed by atoms with Gasteiger partial charge in [-0.05, 0) is 43.5 Å². The molecular formula is C22H30N2O2. The van der Waals surface area contributed by atoms with Gasteiger partial charge in [0.05, 0.1) is 18.9 Å². The molecule has 0 radical (unpaired) electrons. The van der Waals surface area contributed by atoms with E-state index in [9.17, 15) is 5.11 Å². The summed E-state index contributed by atoms with van der Waals surface area (Å²) >= 11 is 0. The Hall–Kier alpha value is -2.04. The largest absolute Gasteiger partial charge is 0.495 e. The quantitative estimate of drug-likeness (QED) is 0.860. The Bertz CT molecular complexity index is 724. The highest BCUT2D eigenvalue weighted by molar-refractivity contribution is 5.58. The van der Waals surface area contributed by atoms with Crippen LogP contribution in [0.4, 0.5) is 5.69 Å². The number of benzene rings is 2. The molecule has 1 atom stereocenters. The van der Waals surface area contributed by atoms with Crippen molar-refractivity contribution in [1.82, 2.24) is 4.90 Å². The Morgan fingerprint density at radius 2 is 1.77 bits per heavy atom. The smallest absolute Gasteiger partial charge is 0.142 e. The predicted octanol–water partition coefficient (Wildman–Crippen LogP) is 3.56. The van der Waals surface area contributed by atoms with Crippen molar-refractivity contribution in [2.24, 2.45) is 0 Å². The molecule has 0 aromatic heterocycles. The Morgan fingerprint density at radius 1 is 1.04 bits per heavy atom. The van der Waals surface area contributed by atoms with Crippen molar-refractivity contribution in [3.8, 4) is 5.75 Å². The summed E-state index contributed by atoms with van der Waals surface area (Å²) in [7, 11) is 1.73. The van der Waals surface area contributed by atoms with Gasteiger partial charge in [0.1, 0.15) is 5.75 Å². The van der Waals surface area contributed by atoms with Crippen molar-refractivity contribution in [1.29, 1.82) is 0 Å². The Kier molecular flexibility index (Phi) is 6.17. The van der Waals surface area contributed by atoms with Crippen LogP contribution < -0.4 is 9.64 Å². The molecule has 0 amide bonds. The van der Waals surface area contributed by atoms with Gasteiger partial charge in [0, 0.05) is 32.7 Å². The summed E-state index contributed by atoms with van der Waals surface area (Å²) in [4.78, 5) is 4.83. The summed E-state index contributed by atoms with van der Waals surface area (Å²) in [6.45, 7) is 9.09. The van der Waals surface area contributed by atoms with E-state index in [2.05, 4.69) is 54.0 Å². The van der Waals surface area contributed by atoms with Gasteiger partial charge in [-0.25, -0.2) is 0 Å². The van der Waals surface area contributed by atoms with E-state index in [4.69, 9.17) is 4.74 Å². The van der Waals surface area contributed by atoms with Crippen LogP contribution in [-0.2, 0) is 0 Å². The number of anilines is 1. The lowest BCUT2D eigenvalue weighted by atomic mass is 9.99. The fraction of sp³-hybridized carbons (Fsp3) is 0.455. The summed E-state index contributed by atoms with van der Waals surface area (Å²) in [5, 5.41) is 10.6. The molecular weight excluding hydrogens is 324 g/mol. The first-order chi connectivity index (χ1) is 12.6. The molecule has 0 aliphatic carbocycles. The molecule has 1 saturated heterocycles. The summed E-state index contributed by atoms with van der Waals surface area (Å²) in [5.74, 6) is 0.936. The minimum Gasteiger partial charge on any atom is -0.495 e. The van der Waals surface area contributed by atoms with Crippen molar-refractivity contribution < 1.29 is 9.84 Å². The number of hydrogen-bond acceptors (Lipinski definition) is 4. The molecule has 1 N–H and O–H groups in total. The van der Waals surface area contributed by atoms with Gasteiger partial charge in [0.25, 0.3) is 0 Å². The number of hydrogen-bond donors (Lipinski definition) is 1. The molecule has 2 aromatic rings. The Balaban J connectivity index is 1.51. The molecule has 1 unspecified atom stereocenters.